The molecule has 274 valence electrons. The summed E-state index contributed by atoms with van der Waals surface area (Å²) in [6.45, 7) is 10.8. The Labute approximate surface area is 307 Å². The van der Waals surface area contributed by atoms with E-state index in [1.807, 2.05) is 27.7 Å². The Hall–Kier alpha value is -2.24. The van der Waals surface area contributed by atoms with E-state index < -0.39 is 70.0 Å². The van der Waals surface area contributed by atoms with E-state index in [2.05, 4.69) is 0 Å². The molecule has 12 atom stereocenters. The number of carbonyl (C=O) groups excluding carboxylic acids is 4. The molecule has 0 aromatic rings. The topological polar surface area (TPSA) is 152 Å². The van der Waals surface area contributed by atoms with Gasteiger partial charge >= 0.3 is 11.9 Å². The van der Waals surface area contributed by atoms with Crippen molar-refractivity contribution in [1.29, 1.82) is 0 Å². The maximum atomic E-state index is 15.2. The van der Waals surface area contributed by atoms with Crippen LogP contribution in [0.25, 0.3) is 0 Å². The second-order valence-corrected chi connectivity index (χ2v) is 20.1. The van der Waals surface area contributed by atoms with Crippen LogP contribution in [-0.4, -0.2) is 90.0 Å². The van der Waals surface area contributed by atoms with Crippen molar-refractivity contribution in [2.24, 2.45) is 23.7 Å². The number of nitrogens with zero attached hydrogens (tertiary/aromatic N) is 2. The maximum Gasteiger partial charge on any atom is 0.311 e. The molecule has 12 unspecified atom stereocenters. The van der Waals surface area contributed by atoms with E-state index in [1.54, 1.807) is 35.8 Å². The molecule has 2 bridgehead atoms. The van der Waals surface area contributed by atoms with Gasteiger partial charge in [-0.25, -0.2) is 0 Å². The van der Waals surface area contributed by atoms with Crippen LogP contribution in [0, 0.1) is 23.7 Å². The summed E-state index contributed by atoms with van der Waals surface area (Å²) in [6, 6.07) is -1.69. The number of amides is 2. The molecule has 2 spiro atoms. The number of esters is 2. The number of aliphatic hydroxyl groups excluding tert-OH is 2. The van der Waals surface area contributed by atoms with Gasteiger partial charge in [-0.2, -0.15) is 0 Å². The molecular weight excluding hydrogens is 725 g/mol. The zero-order valence-electron chi connectivity index (χ0n) is 28.8. The van der Waals surface area contributed by atoms with Crippen molar-refractivity contribution in [3.63, 3.8) is 0 Å². The van der Waals surface area contributed by atoms with Crippen LogP contribution in [0.5, 0.6) is 0 Å². The van der Waals surface area contributed by atoms with Gasteiger partial charge in [0.05, 0.1) is 61.2 Å². The van der Waals surface area contributed by atoms with E-state index in [0.29, 0.717) is 24.0 Å². The summed E-state index contributed by atoms with van der Waals surface area (Å²) in [4.78, 5) is 57.6. The minimum Gasteiger partial charge on any atom is -0.473 e. The van der Waals surface area contributed by atoms with E-state index in [4.69, 9.17) is 18.9 Å². The van der Waals surface area contributed by atoms with Crippen molar-refractivity contribution < 1.29 is 48.3 Å². The van der Waals surface area contributed by atoms with Gasteiger partial charge in [-0.15, -0.1) is 0 Å². The summed E-state index contributed by atoms with van der Waals surface area (Å²) in [6.07, 6.45) is 6.72. The molecule has 0 radical (unpaired) electrons. The van der Waals surface area contributed by atoms with Gasteiger partial charge in [-0.05, 0) is 90.2 Å². The summed E-state index contributed by atoms with van der Waals surface area (Å²) < 4.78 is 23.4. The number of aliphatic hydroxyl groups is 2. The van der Waals surface area contributed by atoms with E-state index in [0.717, 1.165) is 0 Å². The van der Waals surface area contributed by atoms with E-state index in [9.17, 15) is 19.8 Å². The van der Waals surface area contributed by atoms with Gasteiger partial charge < -0.3 is 39.0 Å². The number of fused-ring (bicyclic) bond motifs is 5. The molecular formula is C34H44N2O10S4. The van der Waals surface area contributed by atoms with Crippen molar-refractivity contribution in [3.05, 3.63) is 48.3 Å². The fourth-order valence-electron chi connectivity index (χ4n) is 7.46. The molecule has 7 aliphatic heterocycles. The van der Waals surface area contributed by atoms with Gasteiger partial charge in [0.25, 0.3) is 11.8 Å². The first-order valence-electron chi connectivity index (χ1n) is 17.0. The summed E-state index contributed by atoms with van der Waals surface area (Å²) in [7, 11) is 5.32. The average Bonchev–Trinajstić information content (AvgIpc) is 3.46. The van der Waals surface area contributed by atoms with Crippen molar-refractivity contribution in [3.8, 4) is 0 Å². The average molecular weight is 769 g/mol. The van der Waals surface area contributed by atoms with Crippen molar-refractivity contribution in [2.75, 3.05) is 0 Å². The lowest BCUT2D eigenvalue weighted by molar-refractivity contribution is -0.174. The molecule has 12 nitrogen and oxygen atoms in total. The minimum atomic E-state index is -1.43. The zero-order valence-corrected chi connectivity index (χ0v) is 32.0. The number of rotatable bonds is 10. The Kier molecular flexibility index (Phi) is 11.0. The first-order chi connectivity index (χ1) is 23.8. The molecule has 0 aromatic heterocycles. The predicted octanol–water partition coefficient (Wildman–Crippen LogP) is 5.05. The molecule has 7 rings (SSSR count). The second-order valence-electron chi connectivity index (χ2n) is 13.9. The van der Waals surface area contributed by atoms with E-state index in [-0.39, 0.29) is 36.5 Å². The summed E-state index contributed by atoms with van der Waals surface area (Å²) in [5.74, 6) is -3.84. The van der Waals surface area contributed by atoms with Gasteiger partial charge in [0.15, 0.2) is 9.74 Å². The molecule has 2 amide bonds. The Balaban J connectivity index is 1.35. The largest absolute Gasteiger partial charge is 0.473 e. The lowest BCUT2D eigenvalue weighted by Gasteiger charge is -2.55. The van der Waals surface area contributed by atoms with E-state index >= 15 is 9.59 Å². The normalized spacial score (nSPS) is 34.7. The smallest absolute Gasteiger partial charge is 0.311 e. The second kappa shape index (κ2) is 14.6. The minimum absolute atomic E-state index is 0.110. The van der Waals surface area contributed by atoms with Crippen LogP contribution in [0.2, 0.25) is 0 Å². The highest BCUT2D eigenvalue weighted by atomic mass is 33.7. The molecule has 50 heavy (non-hydrogen) atoms. The Morgan fingerprint density at radius 2 is 1.16 bits per heavy atom. The number of ether oxygens (including phenoxy) is 4. The lowest BCUT2D eigenvalue weighted by atomic mass is 9.91. The van der Waals surface area contributed by atoms with Crippen molar-refractivity contribution in [1.82, 2.24) is 9.80 Å². The quantitative estimate of drug-likeness (QED) is 0.225. The number of carbonyl (C=O) groups is 4. The first-order valence-corrected chi connectivity index (χ1v) is 21.8. The van der Waals surface area contributed by atoms with Crippen LogP contribution < -0.4 is 0 Å². The molecule has 5 fully saturated rings. The zero-order chi connectivity index (χ0) is 36.1. The van der Waals surface area contributed by atoms with E-state index in [1.165, 1.54) is 66.3 Å². The summed E-state index contributed by atoms with van der Waals surface area (Å²) in [5, 5.41) is 21.6. The molecule has 5 saturated heterocycles. The Bertz CT molecular complexity index is 1410. The first kappa shape index (κ1) is 37.5. The van der Waals surface area contributed by atoms with Crippen LogP contribution in [0.3, 0.4) is 0 Å². The number of piperazine rings is 1. The molecule has 0 aromatic carbocycles. The van der Waals surface area contributed by atoms with Gasteiger partial charge in [0, 0.05) is 12.8 Å². The van der Waals surface area contributed by atoms with Crippen LogP contribution in [0.4, 0.5) is 0 Å². The van der Waals surface area contributed by atoms with Crippen molar-refractivity contribution >= 4 is 65.0 Å². The molecule has 7 aliphatic rings. The highest BCUT2D eigenvalue weighted by molar-refractivity contribution is 9.26. The number of hydrogen-bond acceptors (Lipinski definition) is 14. The third kappa shape index (κ3) is 6.08. The summed E-state index contributed by atoms with van der Waals surface area (Å²) in [5.41, 5.74) is 1.23. The lowest BCUT2D eigenvalue weighted by Crippen LogP contribution is -2.74. The highest BCUT2D eigenvalue weighted by Gasteiger charge is 2.75. The monoisotopic (exact) mass is 768 g/mol. The highest BCUT2D eigenvalue weighted by Crippen LogP contribution is 2.69. The third-order valence-electron chi connectivity index (χ3n) is 10.9. The van der Waals surface area contributed by atoms with Gasteiger partial charge in [0.1, 0.15) is 12.2 Å². The van der Waals surface area contributed by atoms with Crippen LogP contribution in [0.1, 0.15) is 67.2 Å². The van der Waals surface area contributed by atoms with Gasteiger partial charge in [-0.1, -0.05) is 40.5 Å². The number of hydrogen-bond donors (Lipinski definition) is 2. The van der Waals surface area contributed by atoms with Gasteiger partial charge in [0.2, 0.25) is 0 Å². The van der Waals surface area contributed by atoms with Crippen LogP contribution >= 0.6 is 41.2 Å². The molecule has 0 aliphatic carbocycles. The van der Waals surface area contributed by atoms with Crippen LogP contribution in [-0.2, 0) is 38.1 Å². The molecule has 16 heteroatoms. The molecule has 0 saturated carbocycles. The maximum absolute atomic E-state index is 15.2. The van der Waals surface area contributed by atoms with Crippen molar-refractivity contribution in [2.45, 2.75) is 113 Å². The molecule has 2 N–H and O–H groups in total. The fourth-order valence-corrected chi connectivity index (χ4v) is 15.2. The standard InChI is InChI=1S/C34H44N2O10S4/c1-7-17(3)27(37)19(5)29(39)45-23-9-11-43-15-21-13-33-32(42)36-26-22(14-34(36,48-50-49-47-33)31(41)35(33)25(21)23)16-44-12-10-24(26)46-30(40)20(6)28(38)18(4)8-2/h9-12,15-20,23-28,37-38H,7-8,13-14H2,1-6H3. The third-order valence-corrected chi connectivity index (χ3v) is 18.2. The van der Waals surface area contributed by atoms with Crippen LogP contribution in [0.15, 0.2) is 48.3 Å². The summed E-state index contributed by atoms with van der Waals surface area (Å²) >= 11 is 0. The predicted molar refractivity (Wildman–Crippen MR) is 192 cm³/mol. The Morgan fingerprint density at radius 3 is 1.52 bits per heavy atom. The Morgan fingerprint density at radius 1 is 0.780 bits per heavy atom. The fraction of sp³-hybridized carbons (Fsp3) is 0.647. The molecule has 7 heterocycles. The van der Waals surface area contributed by atoms with Gasteiger partial charge in [-0.3, -0.25) is 19.2 Å². The SMILES string of the molecule is CCC(C)C(O)C(C)C(=O)OC1C=COC=C2CC34SSSSC5(CC6=COC=CC(OC(=O)C(C)C(O)C(C)CC)C6N5C3=O)C(=O)N4C21.